The first kappa shape index (κ1) is 13.2. The van der Waals surface area contributed by atoms with Gasteiger partial charge in [-0.2, -0.15) is 0 Å². The molecule has 0 unspecified atom stereocenters. The van der Waals surface area contributed by atoms with E-state index in [1.807, 2.05) is 30.3 Å². The number of hydrogen-bond donors (Lipinski definition) is 1. The summed E-state index contributed by atoms with van der Waals surface area (Å²) < 4.78 is 0. The molecule has 0 atom stereocenters. The van der Waals surface area contributed by atoms with Crippen molar-refractivity contribution >= 4 is 5.91 Å². The Bertz CT molecular complexity index is 514. The minimum Gasteiger partial charge on any atom is -0.395 e. The van der Waals surface area contributed by atoms with Crippen molar-refractivity contribution in [3.05, 3.63) is 66.0 Å². The molecule has 0 aliphatic carbocycles. The number of aliphatic hydroxyl groups excluding tert-OH is 1. The summed E-state index contributed by atoms with van der Waals surface area (Å²) in [5, 5.41) is 9.10. The number of aliphatic hydroxyl groups is 1. The molecule has 4 heteroatoms. The van der Waals surface area contributed by atoms with Crippen LogP contribution in [-0.4, -0.2) is 34.0 Å². The van der Waals surface area contributed by atoms with Crippen LogP contribution < -0.4 is 0 Å². The topological polar surface area (TPSA) is 53.4 Å². The largest absolute Gasteiger partial charge is 0.395 e. The number of benzene rings is 1. The van der Waals surface area contributed by atoms with Crippen LogP contribution in [0.15, 0.2) is 54.9 Å². The number of carbonyl (C=O) groups excluding carboxylic acids is 1. The van der Waals surface area contributed by atoms with E-state index in [1.165, 1.54) is 0 Å². The molecule has 2 rings (SSSR count). The summed E-state index contributed by atoms with van der Waals surface area (Å²) in [6, 6.07) is 13.1. The normalized spacial score (nSPS) is 10.2. The summed E-state index contributed by atoms with van der Waals surface area (Å²) in [5.74, 6) is -0.0969. The van der Waals surface area contributed by atoms with Crippen molar-refractivity contribution in [2.45, 2.75) is 6.54 Å². The Morgan fingerprint density at radius 1 is 1.11 bits per heavy atom. The number of pyridine rings is 1. The minimum absolute atomic E-state index is 0.0519. The van der Waals surface area contributed by atoms with Gasteiger partial charge in [-0.25, -0.2) is 0 Å². The maximum absolute atomic E-state index is 12.3. The lowest BCUT2D eigenvalue weighted by atomic mass is 10.2. The SMILES string of the molecule is O=C(c1ccncc1)N(CCO)Cc1ccccc1. The number of hydrogen-bond acceptors (Lipinski definition) is 3. The number of aromatic nitrogens is 1. The van der Waals surface area contributed by atoms with Crippen LogP contribution in [0.5, 0.6) is 0 Å². The lowest BCUT2D eigenvalue weighted by Crippen LogP contribution is -2.33. The maximum Gasteiger partial charge on any atom is 0.254 e. The average molecular weight is 256 g/mol. The van der Waals surface area contributed by atoms with Gasteiger partial charge in [0.05, 0.1) is 6.61 Å². The van der Waals surface area contributed by atoms with Crippen molar-refractivity contribution in [3.8, 4) is 0 Å². The lowest BCUT2D eigenvalue weighted by Gasteiger charge is -2.21. The molecule has 0 saturated carbocycles. The van der Waals surface area contributed by atoms with Crippen LogP contribution >= 0.6 is 0 Å². The molecule has 1 heterocycles. The molecule has 2 aromatic rings. The summed E-state index contributed by atoms with van der Waals surface area (Å²) in [6.07, 6.45) is 3.18. The van der Waals surface area contributed by atoms with Gasteiger partial charge in [0.1, 0.15) is 0 Å². The Morgan fingerprint density at radius 3 is 2.42 bits per heavy atom. The predicted molar refractivity (Wildman–Crippen MR) is 72.5 cm³/mol. The van der Waals surface area contributed by atoms with Crippen LogP contribution in [0.4, 0.5) is 0 Å². The Hall–Kier alpha value is -2.20. The monoisotopic (exact) mass is 256 g/mol. The van der Waals surface area contributed by atoms with Gasteiger partial charge < -0.3 is 10.0 Å². The van der Waals surface area contributed by atoms with Crippen molar-refractivity contribution in [2.75, 3.05) is 13.2 Å². The van der Waals surface area contributed by atoms with Gasteiger partial charge in [0.2, 0.25) is 0 Å². The van der Waals surface area contributed by atoms with Crippen LogP contribution in [0.25, 0.3) is 0 Å². The number of amides is 1. The van der Waals surface area contributed by atoms with E-state index >= 15 is 0 Å². The third-order valence-corrected chi connectivity index (χ3v) is 2.80. The Morgan fingerprint density at radius 2 is 1.79 bits per heavy atom. The molecule has 0 fully saturated rings. The molecule has 0 saturated heterocycles. The van der Waals surface area contributed by atoms with Crippen molar-refractivity contribution in [1.29, 1.82) is 0 Å². The van der Waals surface area contributed by atoms with Crippen LogP contribution in [-0.2, 0) is 6.54 Å². The average Bonchev–Trinajstić information content (AvgIpc) is 2.48. The molecule has 1 aromatic carbocycles. The summed E-state index contributed by atoms with van der Waals surface area (Å²) in [5.41, 5.74) is 1.62. The van der Waals surface area contributed by atoms with Crippen LogP contribution in [0.2, 0.25) is 0 Å². The molecule has 1 amide bonds. The summed E-state index contributed by atoms with van der Waals surface area (Å²) in [4.78, 5) is 17.9. The van der Waals surface area contributed by atoms with Gasteiger partial charge in [-0.3, -0.25) is 9.78 Å². The van der Waals surface area contributed by atoms with Gasteiger partial charge in [-0.15, -0.1) is 0 Å². The minimum atomic E-state index is -0.0969. The summed E-state index contributed by atoms with van der Waals surface area (Å²) >= 11 is 0. The summed E-state index contributed by atoms with van der Waals surface area (Å²) in [7, 11) is 0. The van der Waals surface area contributed by atoms with E-state index in [1.54, 1.807) is 29.4 Å². The van der Waals surface area contributed by atoms with Gasteiger partial charge in [-0.1, -0.05) is 30.3 Å². The molecular formula is C15H16N2O2. The standard InChI is InChI=1S/C15H16N2O2/c18-11-10-17(12-13-4-2-1-3-5-13)15(19)14-6-8-16-9-7-14/h1-9,18H,10-12H2. The molecule has 0 spiro atoms. The van der Waals surface area contributed by atoms with E-state index in [0.717, 1.165) is 5.56 Å². The van der Waals surface area contributed by atoms with Crippen LogP contribution in [0, 0.1) is 0 Å². The number of nitrogens with zero attached hydrogens (tertiary/aromatic N) is 2. The van der Waals surface area contributed by atoms with E-state index in [2.05, 4.69) is 4.98 Å². The van der Waals surface area contributed by atoms with Crippen LogP contribution in [0.3, 0.4) is 0 Å². The van der Waals surface area contributed by atoms with Gasteiger partial charge in [0.25, 0.3) is 5.91 Å². The molecular weight excluding hydrogens is 240 g/mol. The molecule has 0 aliphatic heterocycles. The molecule has 0 aliphatic rings. The quantitative estimate of drug-likeness (QED) is 0.886. The number of rotatable bonds is 5. The van der Waals surface area contributed by atoms with E-state index in [4.69, 9.17) is 5.11 Å². The first-order chi connectivity index (χ1) is 9.31. The van der Waals surface area contributed by atoms with E-state index in [-0.39, 0.29) is 12.5 Å². The van der Waals surface area contributed by atoms with E-state index < -0.39 is 0 Å². The predicted octanol–water partition coefficient (Wildman–Crippen LogP) is 1.72. The second-order valence-electron chi connectivity index (χ2n) is 4.17. The molecule has 1 aromatic heterocycles. The Labute approximate surface area is 112 Å². The Kier molecular flexibility index (Phi) is 4.64. The zero-order valence-corrected chi connectivity index (χ0v) is 10.6. The molecule has 4 nitrogen and oxygen atoms in total. The van der Waals surface area contributed by atoms with Gasteiger partial charge in [0, 0.05) is 31.0 Å². The highest BCUT2D eigenvalue weighted by atomic mass is 16.3. The fraction of sp³-hybridized carbons (Fsp3) is 0.200. The zero-order valence-electron chi connectivity index (χ0n) is 10.6. The first-order valence-electron chi connectivity index (χ1n) is 6.15. The highest BCUT2D eigenvalue weighted by Crippen LogP contribution is 2.09. The van der Waals surface area contributed by atoms with Crippen molar-refractivity contribution in [3.63, 3.8) is 0 Å². The second-order valence-corrected chi connectivity index (χ2v) is 4.17. The first-order valence-corrected chi connectivity index (χ1v) is 6.15. The lowest BCUT2D eigenvalue weighted by molar-refractivity contribution is 0.0707. The van der Waals surface area contributed by atoms with Gasteiger partial charge in [-0.05, 0) is 17.7 Å². The third kappa shape index (κ3) is 3.63. The third-order valence-electron chi connectivity index (χ3n) is 2.80. The highest BCUT2D eigenvalue weighted by molar-refractivity contribution is 5.94. The van der Waals surface area contributed by atoms with Crippen LogP contribution in [0.1, 0.15) is 15.9 Å². The second kappa shape index (κ2) is 6.66. The number of carbonyl (C=O) groups is 1. The van der Waals surface area contributed by atoms with Crippen molar-refractivity contribution < 1.29 is 9.90 Å². The van der Waals surface area contributed by atoms with Crippen molar-refractivity contribution in [1.82, 2.24) is 9.88 Å². The maximum atomic E-state index is 12.3. The molecule has 1 N–H and O–H groups in total. The molecule has 98 valence electrons. The van der Waals surface area contributed by atoms with Gasteiger partial charge in [0.15, 0.2) is 0 Å². The zero-order chi connectivity index (χ0) is 13.5. The summed E-state index contributed by atoms with van der Waals surface area (Å²) in [6.45, 7) is 0.752. The fourth-order valence-electron chi connectivity index (χ4n) is 1.85. The molecule has 0 radical (unpaired) electrons. The highest BCUT2D eigenvalue weighted by Gasteiger charge is 2.15. The smallest absolute Gasteiger partial charge is 0.254 e. The van der Waals surface area contributed by atoms with E-state index in [0.29, 0.717) is 18.7 Å². The molecule has 0 bridgehead atoms. The van der Waals surface area contributed by atoms with Crippen molar-refractivity contribution in [2.24, 2.45) is 0 Å². The molecule has 19 heavy (non-hydrogen) atoms. The Balaban J connectivity index is 2.14. The van der Waals surface area contributed by atoms with Gasteiger partial charge >= 0.3 is 0 Å². The van der Waals surface area contributed by atoms with E-state index in [9.17, 15) is 4.79 Å². The fourth-order valence-corrected chi connectivity index (χ4v) is 1.85.